The standard InChI is InChI=1S/C28H34N2O8/c1-5-14(2)27(35)37-20-12-18-24(34)23-19(33)11-16(13-32)36-26(23)22(25(18)38-28(20,3)4)17(7-9-31)15-6-8-30-21(29)10-15/h5-6,10-11,17,20,30-32,34H,7-9,12-13,29H2,1-4H3. The van der Waals surface area contributed by atoms with E-state index in [1.807, 2.05) is 6.08 Å². The summed E-state index contributed by atoms with van der Waals surface area (Å²) in [5, 5.41) is 34.0. The first-order chi connectivity index (χ1) is 18.0. The van der Waals surface area contributed by atoms with E-state index in [9.17, 15) is 24.9 Å². The number of phenolic OH excluding ortho intramolecular Hbond substituents is 1. The van der Waals surface area contributed by atoms with Gasteiger partial charge in [0.25, 0.3) is 0 Å². The first-order valence-corrected chi connectivity index (χ1v) is 12.5. The van der Waals surface area contributed by atoms with Gasteiger partial charge in [-0.05, 0) is 45.8 Å². The molecule has 0 spiro atoms. The number of carbonyl (C=O) groups is 1. The lowest BCUT2D eigenvalue weighted by molar-refractivity contribution is -0.156. The Balaban J connectivity index is 2.02. The van der Waals surface area contributed by atoms with Crippen molar-refractivity contribution in [2.24, 2.45) is 5.73 Å². The molecule has 2 aliphatic rings. The molecule has 204 valence electrons. The molecule has 2 unspecified atom stereocenters. The molecule has 0 bridgehead atoms. The maximum absolute atomic E-state index is 13.2. The number of phenols is 1. The Bertz CT molecular complexity index is 1420. The summed E-state index contributed by atoms with van der Waals surface area (Å²) in [5.41, 5.74) is 6.45. The maximum atomic E-state index is 13.2. The van der Waals surface area contributed by atoms with Crippen LogP contribution in [0.25, 0.3) is 11.0 Å². The largest absolute Gasteiger partial charge is 0.507 e. The number of rotatable bonds is 7. The average Bonchev–Trinajstić information content (AvgIpc) is 2.87. The Morgan fingerprint density at radius 3 is 2.74 bits per heavy atom. The molecule has 2 aromatic rings. The van der Waals surface area contributed by atoms with E-state index in [1.54, 1.807) is 39.8 Å². The third kappa shape index (κ3) is 4.89. The van der Waals surface area contributed by atoms with E-state index in [4.69, 9.17) is 19.6 Å². The minimum atomic E-state index is -1.03. The number of nitrogens with two attached hydrogens (primary N) is 1. The van der Waals surface area contributed by atoms with E-state index in [2.05, 4.69) is 5.32 Å². The third-order valence-corrected chi connectivity index (χ3v) is 7.11. The highest BCUT2D eigenvalue weighted by atomic mass is 16.6. The second-order valence-electron chi connectivity index (χ2n) is 10.0. The van der Waals surface area contributed by atoms with Crippen molar-refractivity contribution in [3.05, 3.63) is 68.4 Å². The summed E-state index contributed by atoms with van der Waals surface area (Å²) in [6, 6.07) is 1.13. The molecule has 0 radical (unpaired) electrons. The Morgan fingerprint density at radius 2 is 2.11 bits per heavy atom. The number of nitrogens with one attached hydrogen (secondary N) is 1. The van der Waals surface area contributed by atoms with Crippen LogP contribution >= 0.6 is 0 Å². The number of aromatic hydroxyl groups is 1. The maximum Gasteiger partial charge on any atom is 0.333 e. The predicted molar refractivity (Wildman–Crippen MR) is 141 cm³/mol. The van der Waals surface area contributed by atoms with E-state index in [1.165, 1.54) is 0 Å². The summed E-state index contributed by atoms with van der Waals surface area (Å²) < 4.78 is 18.2. The van der Waals surface area contributed by atoms with Crippen molar-refractivity contribution in [2.75, 3.05) is 13.2 Å². The third-order valence-electron chi connectivity index (χ3n) is 7.11. The van der Waals surface area contributed by atoms with Gasteiger partial charge in [-0.3, -0.25) is 4.79 Å². The molecule has 0 saturated heterocycles. The molecule has 1 aromatic heterocycles. The monoisotopic (exact) mass is 526 g/mol. The number of benzene rings is 1. The Hall–Kier alpha value is -3.76. The first-order valence-electron chi connectivity index (χ1n) is 12.5. The van der Waals surface area contributed by atoms with E-state index in [-0.39, 0.29) is 47.7 Å². The number of esters is 1. The number of ether oxygens (including phenoxy) is 2. The number of fused-ring (bicyclic) bond motifs is 2. The number of allylic oxidation sites excluding steroid dienone is 3. The molecule has 6 N–H and O–H groups in total. The Morgan fingerprint density at radius 1 is 1.37 bits per heavy atom. The highest BCUT2D eigenvalue weighted by Crippen LogP contribution is 2.50. The van der Waals surface area contributed by atoms with Crippen molar-refractivity contribution in [1.29, 1.82) is 0 Å². The van der Waals surface area contributed by atoms with Gasteiger partial charge in [-0.15, -0.1) is 0 Å². The van der Waals surface area contributed by atoms with E-state index >= 15 is 0 Å². The van der Waals surface area contributed by atoms with Crippen LogP contribution in [-0.4, -0.2) is 46.1 Å². The van der Waals surface area contributed by atoms with Crippen LogP contribution in [-0.2, 0) is 22.6 Å². The second kappa shape index (κ2) is 10.5. The molecule has 0 aliphatic carbocycles. The molecule has 0 saturated carbocycles. The fourth-order valence-corrected chi connectivity index (χ4v) is 4.89. The van der Waals surface area contributed by atoms with Gasteiger partial charge >= 0.3 is 5.97 Å². The summed E-state index contributed by atoms with van der Waals surface area (Å²) in [6.07, 6.45) is 4.83. The van der Waals surface area contributed by atoms with Crippen molar-refractivity contribution >= 4 is 16.9 Å². The van der Waals surface area contributed by atoms with Crippen molar-refractivity contribution < 1.29 is 34.0 Å². The van der Waals surface area contributed by atoms with Crippen molar-refractivity contribution in [3.8, 4) is 11.5 Å². The normalized spacial score (nSPS) is 19.5. The van der Waals surface area contributed by atoms with Crippen LogP contribution in [0.1, 0.15) is 56.9 Å². The van der Waals surface area contributed by atoms with Gasteiger partial charge in [0.2, 0.25) is 0 Å². The fourth-order valence-electron chi connectivity index (χ4n) is 4.89. The molecule has 10 heteroatoms. The van der Waals surface area contributed by atoms with Gasteiger partial charge in [-0.25, -0.2) is 4.79 Å². The van der Waals surface area contributed by atoms with Gasteiger partial charge in [0, 0.05) is 48.3 Å². The van der Waals surface area contributed by atoms with Crippen LogP contribution in [0.15, 0.2) is 50.5 Å². The van der Waals surface area contributed by atoms with Crippen molar-refractivity contribution in [2.45, 2.75) is 64.8 Å². The van der Waals surface area contributed by atoms with Crippen molar-refractivity contribution in [1.82, 2.24) is 5.32 Å². The van der Waals surface area contributed by atoms with Crippen LogP contribution < -0.4 is 21.2 Å². The van der Waals surface area contributed by atoms with E-state index < -0.39 is 35.6 Å². The summed E-state index contributed by atoms with van der Waals surface area (Å²) in [4.78, 5) is 25.8. The highest BCUT2D eigenvalue weighted by Gasteiger charge is 2.44. The summed E-state index contributed by atoms with van der Waals surface area (Å²) in [7, 11) is 0. The van der Waals surface area contributed by atoms with Crippen LogP contribution in [0.5, 0.6) is 11.5 Å². The zero-order valence-corrected chi connectivity index (χ0v) is 22.0. The lowest BCUT2D eigenvalue weighted by Crippen LogP contribution is -2.49. The summed E-state index contributed by atoms with van der Waals surface area (Å²) >= 11 is 0. The van der Waals surface area contributed by atoms with Crippen LogP contribution in [0.2, 0.25) is 0 Å². The lowest BCUT2D eigenvalue weighted by atomic mass is 9.81. The van der Waals surface area contributed by atoms with Gasteiger partial charge < -0.3 is 40.3 Å². The number of dihydropyridines is 1. The molecule has 3 heterocycles. The highest BCUT2D eigenvalue weighted by molar-refractivity contribution is 5.92. The fraction of sp³-hybridized carbons (Fsp3) is 0.429. The zero-order valence-electron chi connectivity index (χ0n) is 22.0. The summed E-state index contributed by atoms with van der Waals surface area (Å²) in [6.45, 7) is 6.65. The predicted octanol–water partition coefficient (Wildman–Crippen LogP) is 2.38. The topological polar surface area (TPSA) is 164 Å². The first kappa shape index (κ1) is 27.3. The molecule has 2 atom stereocenters. The van der Waals surface area contributed by atoms with E-state index in [0.29, 0.717) is 29.1 Å². The van der Waals surface area contributed by atoms with Crippen LogP contribution in [0.3, 0.4) is 0 Å². The number of hydrogen-bond donors (Lipinski definition) is 5. The Labute approximate surface area is 220 Å². The van der Waals surface area contributed by atoms with Gasteiger partial charge in [-0.2, -0.15) is 0 Å². The number of hydrogen-bond acceptors (Lipinski definition) is 10. The molecule has 2 aliphatic heterocycles. The molecular formula is C28H34N2O8. The molecular weight excluding hydrogens is 492 g/mol. The van der Waals surface area contributed by atoms with Gasteiger partial charge in [0.15, 0.2) is 5.43 Å². The van der Waals surface area contributed by atoms with E-state index in [0.717, 1.165) is 11.6 Å². The molecule has 0 amide bonds. The minimum absolute atomic E-state index is 0.0175. The Kier molecular flexibility index (Phi) is 7.57. The summed E-state index contributed by atoms with van der Waals surface area (Å²) in [5.74, 6) is -0.651. The molecule has 4 rings (SSSR count). The molecule has 38 heavy (non-hydrogen) atoms. The van der Waals surface area contributed by atoms with Gasteiger partial charge in [0.1, 0.15) is 46.5 Å². The smallest absolute Gasteiger partial charge is 0.333 e. The number of aliphatic hydroxyl groups excluding tert-OH is 2. The number of carbonyl (C=O) groups excluding carboxylic acids is 1. The molecule has 0 fully saturated rings. The van der Waals surface area contributed by atoms with Crippen LogP contribution in [0.4, 0.5) is 0 Å². The van der Waals surface area contributed by atoms with Gasteiger partial charge in [0.05, 0.1) is 5.82 Å². The van der Waals surface area contributed by atoms with Gasteiger partial charge in [-0.1, -0.05) is 12.2 Å². The number of aliphatic hydroxyl groups is 2. The van der Waals surface area contributed by atoms with Crippen molar-refractivity contribution in [3.63, 3.8) is 0 Å². The SMILES string of the molecule is CC=C(C)C(=O)OC1Cc2c(c(C(CCO)C3=CCNC(N)=C3)c3oc(CO)cc(=O)c3c2O)OC1(C)C. The lowest BCUT2D eigenvalue weighted by Gasteiger charge is -2.41. The second-order valence-corrected chi connectivity index (χ2v) is 10.0. The van der Waals surface area contributed by atoms with Crippen LogP contribution in [0, 0.1) is 0 Å². The quantitative estimate of drug-likeness (QED) is 0.267. The minimum Gasteiger partial charge on any atom is -0.507 e. The molecule has 1 aromatic carbocycles. The average molecular weight is 527 g/mol. The molecule has 10 nitrogen and oxygen atoms in total. The zero-order chi connectivity index (χ0) is 27.8.